The minimum absolute atomic E-state index is 0.114. The fourth-order valence-corrected chi connectivity index (χ4v) is 3.01. The van der Waals surface area contributed by atoms with Crippen molar-refractivity contribution in [1.82, 2.24) is 0 Å². The van der Waals surface area contributed by atoms with Crippen LogP contribution < -0.4 is 0 Å². The van der Waals surface area contributed by atoms with Crippen molar-refractivity contribution in [2.45, 2.75) is 31.6 Å². The van der Waals surface area contributed by atoms with E-state index in [2.05, 4.69) is 0 Å². The third-order valence-corrected chi connectivity index (χ3v) is 4.20. The highest BCUT2D eigenvalue weighted by molar-refractivity contribution is 8.13. The van der Waals surface area contributed by atoms with Gasteiger partial charge in [-0.05, 0) is 31.0 Å². The molecule has 7 heteroatoms. The first kappa shape index (κ1) is 16.3. The van der Waals surface area contributed by atoms with Crippen LogP contribution in [0.2, 0.25) is 5.02 Å². The Morgan fingerprint density at radius 3 is 2.53 bits per heavy atom. The van der Waals surface area contributed by atoms with Gasteiger partial charge in [-0.1, -0.05) is 24.9 Å². The van der Waals surface area contributed by atoms with Crippen LogP contribution in [0.5, 0.6) is 0 Å². The molecule has 0 fully saturated rings. The highest BCUT2D eigenvalue weighted by Crippen LogP contribution is 2.27. The molecular weight excluding hydrogens is 311 g/mol. The molecule has 0 N–H and O–H groups in total. The van der Waals surface area contributed by atoms with Crippen LogP contribution in [0.15, 0.2) is 17.0 Å². The number of hydrogen-bond donors (Lipinski definition) is 0. The summed E-state index contributed by atoms with van der Waals surface area (Å²) in [5.41, 5.74) is 0.351. The average molecular weight is 325 g/mol. The molecule has 4 nitrogen and oxygen atoms in total. The normalized spacial score (nSPS) is 11.4. The highest BCUT2D eigenvalue weighted by atomic mass is 35.7. The summed E-state index contributed by atoms with van der Waals surface area (Å²) in [6.45, 7) is 3.74. The van der Waals surface area contributed by atoms with Crippen LogP contribution in [0.1, 0.15) is 35.7 Å². The maximum Gasteiger partial charge on any atom is 0.338 e. The summed E-state index contributed by atoms with van der Waals surface area (Å²) in [7, 11) is 1.34. The van der Waals surface area contributed by atoms with Crippen molar-refractivity contribution in [2.75, 3.05) is 6.61 Å². The van der Waals surface area contributed by atoms with E-state index >= 15 is 0 Å². The number of rotatable bonds is 5. The first-order valence-corrected chi connectivity index (χ1v) is 8.38. The minimum atomic E-state index is -3.96. The fourth-order valence-electron chi connectivity index (χ4n) is 1.51. The lowest BCUT2D eigenvalue weighted by molar-refractivity contribution is 0.0498. The fraction of sp³-hybridized carbons (Fsp3) is 0.417. The quantitative estimate of drug-likeness (QED) is 0.472. The van der Waals surface area contributed by atoms with Gasteiger partial charge in [0, 0.05) is 15.7 Å². The smallest absolute Gasteiger partial charge is 0.338 e. The Labute approximate surface area is 122 Å². The zero-order chi connectivity index (χ0) is 14.6. The Bertz CT molecular complexity index is 582. The van der Waals surface area contributed by atoms with Gasteiger partial charge in [-0.3, -0.25) is 0 Å². The molecule has 0 spiro atoms. The molecule has 1 aromatic carbocycles. The van der Waals surface area contributed by atoms with Crippen molar-refractivity contribution in [3.63, 3.8) is 0 Å². The second-order valence-corrected chi connectivity index (χ2v) is 6.97. The third-order valence-electron chi connectivity index (χ3n) is 2.54. The van der Waals surface area contributed by atoms with Crippen molar-refractivity contribution >= 4 is 37.3 Å². The molecule has 1 aromatic rings. The number of ether oxygens (including phenoxy) is 1. The highest BCUT2D eigenvalue weighted by Gasteiger charge is 2.21. The van der Waals surface area contributed by atoms with E-state index in [-0.39, 0.29) is 27.7 Å². The van der Waals surface area contributed by atoms with E-state index in [0.29, 0.717) is 0 Å². The van der Waals surface area contributed by atoms with Gasteiger partial charge in [0.2, 0.25) is 0 Å². The van der Waals surface area contributed by atoms with Gasteiger partial charge in [-0.25, -0.2) is 13.2 Å². The molecule has 0 amide bonds. The zero-order valence-corrected chi connectivity index (χ0v) is 12.9. The molecule has 0 heterocycles. The second kappa shape index (κ2) is 6.59. The molecule has 19 heavy (non-hydrogen) atoms. The largest absolute Gasteiger partial charge is 0.462 e. The Morgan fingerprint density at radius 2 is 2.00 bits per heavy atom. The monoisotopic (exact) mass is 324 g/mol. The Balaban J connectivity index is 3.15. The number of halogens is 2. The van der Waals surface area contributed by atoms with Gasteiger partial charge in [0.05, 0.1) is 17.1 Å². The summed E-state index contributed by atoms with van der Waals surface area (Å²) in [6.07, 6.45) is 1.63. The van der Waals surface area contributed by atoms with Crippen molar-refractivity contribution in [1.29, 1.82) is 0 Å². The summed E-state index contributed by atoms with van der Waals surface area (Å²) in [5.74, 6) is -0.602. The van der Waals surface area contributed by atoms with E-state index < -0.39 is 15.0 Å². The van der Waals surface area contributed by atoms with E-state index in [0.717, 1.165) is 12.8 Å². The SMILES string of the molecule is CCCCOC(=O)c1cc(Cl)cc(S(=O)(=O)Cl)c1C. The van der Waals surface area contributed by atoms with Gasteiger partial charge < -0.3 is 4.74 Å². The van der Waals surface area contributed by atoms with Gasteiger partial charge in [0.15, 0.2) is 0 Å². The van der Waals surface area contributed by atoms with Crippen LogP contribution in [-0.2, 0) is 13.8 Å². The van der Waals surface area contributed by atoms with Crippen molar-refractivity contribution < 1.29 is 17.9 Å². The molecule has 0 aliphatic rings. The molecular formula is C12H14Cl2O4S. The molecule has 0 radical (unpaired) electrons. The summed E-state index contributed by atoms with van der Waals surface area (Å²) < 4.78 is 27.8. The lowest BCUT2D eigenvalue weighted by Crippen LogP contribution is -2.10. The summed E-state index contributed by atoms with van der Waals surface area (Å²) >= 11 is 5.80. The van der Waals surface area contributed by atoms with E-state index in [1.807, 2.05) is 6.92 Å². The van der Waals surface area contributed by atoms with Crippen molar-refractivity contribution in [2.24, 2.45) is 0 Å². The Morgan fingerprint density at radius 1 is 1.37 bits per heavy atom. The Hall–Kier alpha value is -0.780. The lowest BCUT2D eigenvalue weighted by atomic mass is 10.1. The zero-order valence-electron chi connectivity index (χ0n) is 10.6. The second-order valence-electron chi connectivity index (χ2n) is 4.00. The van der Waals surface area contributed by atoms with E-state index in [9.17, 15) is 13.2 Å². The maximum absolute atomic E-state index is 11.9. The first-order chi connectivity index (χ1) is 8.77. The van der Waals surface area contributed by atoms with Gasteiger partial charge in [0.25, 0.3) is 9.05 Å². The third kappa shape index (κ3) is 4.37. The minimum Gasteiger partial charge on any atom is -0.462 e. The van der Waals surface area contributed by atoms with Crippen LogP contribution in [0.4, 0.5) is 0 Å². The lowest BCUT2D eigenvalue weighted by Gasteiger charge is -2.10. The topological polar surface area (TPSA) is 60.4 Å². The summed E-state index contributed by atoms with van der Waals surface area (Å²) in [5, 5.41) is 0.118. The van der Waals surface area contributed by atoms with Gasteiger partial charge in [-0.15, -0.1) is 0 Å². The van der Waals surface area contributed by atoms with E-state index in [4.69, 9.17) is 27.0 Å². The molecule has 0 bridgehead atoms. The number of carbonyl (C=O) groups is 1. The molecule has 0 aliphatic carbocycles. The van der Waals surface area contributed by atoms with Gasteiger partial charge >= 0.3 is 5.97 Å². The first-order valence-electron chi connectivity index (χ1n) is 5.69. The van der Waals surface area contributed by atoms with E-state index in [1.165, 1.54) is 19.1 Å². The molecule has 0 saturated carbocycles. The van der Waals surface area contributed by atoms with Gasteiger partial charge in [0.1, 0.15) is 0 Å². The molecule has 0 unspecified atom stereocenters. The van der Waals surface area contributed by atoms with Crippen LogP contribution >= 0.6 is 22.3 Å². The molecule has 0 atom stereocenters. The number of hydrogen-bond acceptors (Lipinski definition) is 4. The molecule has 106 valence electrons. The van der Waals surface area contributed by atoms with E-state index in [1.54, 1.807) is 0 Å². The number of esters is 1. The van der Waals surface area contributed by atoms with Crippen LogP contribution in [0, 0.1) is 6.92 Å². The summed E-state index contributed by atoms with van der Waals surface area (Å²) in [6, 6.07) is 2.58. The summed E-state index contributed by atoms with van der Waals surface area (Å²) in [4.78, 5) is 11.7. The number of unbranched alkanes of at least 4 members (excludes halogenated alkanes) is 1. The molecule has 1 rings (SSSR count). The van der Waals surface area contributed by atoms with Crippen molar-refractivity contribution in [3.8, 4) is 0 Å². The van der Waals surface area contributed by atoms with Gasteiger partial charge in [-0.2, -0.15) is 0 Å². The Kier molecular flexibility index (Phi) is 5.64. The van der Waals surface area contributed by atoms with Crippen LogP contribution in [0.25, 0.3) is 0 Å². The average Bonchev–Trinajstić information content (AvgIpc) is 2.30. The van der Waals surface area contributed by atoms with Crippen LogP contribution in [0.3, 0.4) is 0 Å². The predicted molar refractivity (Wildman–Crippen MR) is 74.4 cm³/mol. The number of carbonyl (C=O) groups excluding carboxylic acids is 1. The van der Waals surface area contributed by atoms with Crippen LogP contribution in [-0.4, -0.2) is 21.0 Å². The standard InChI is InChI=1S/C12H14Cl2O4S/c1-3-4-5-18-12(15)10-6-9(13)7-11(8(10)2)19(14,16)17/h6-7H,3-5H2,1-2H3. The molecule has 0 aromatic heterocycles. The molecule has 0 aliphatic heterocycles. The van der Waals surface area contributed by atoms with Crippen molar-refractivity contribution in [3.05, 3.63) is 28.3 Å². The molecule has 0 saturated heterocycles. The predicted octanol–water partition coefficient (Wildman–Crippen LogP) is 3.53. The maximum atomic E-state index is 11.9. The number of benzene rings is 1.